The SMILES string of the molecule is Cc1ccc(NC(=O)c2cc(-c3cccn4c(-c5cccc(C)c5)ncc34)cnc2C)cc1.Cc1ccc(NC(=O)c2cc(-c3cccn4c(-c5cccc(F)c5C)ncc34)cnc2C)cc1.Cc1ccc(NC(=O)c2cc(-c3cccn4c(-c5ccccc5C)ncc34)cnc2C)cc1.Cc1ccc(NC(=O)c2cc(-c3cccn4c(-c5ncccc5F)ncc34)cnc2C)cc1. The average molecular weight is 1750 g/mol. The molecule has 13 aromatic heterocycles. The van der Waals surface area contributed by atoms with Gasteiger partial charge >= 0.3 is 0 Å². The summed E-state index contributed by atoms with van der Waals surface area (Å²) in [6.45, 7) is 21.3. The van der Waals surface area contributed by atoms with Crippen molar-refractivity contribution >= 4 is 68.4 Å². The third-order valence-electron chi connectivity index (χ3n) is 23.2. The minimum atomic E-state index is -0.442. The van der Waals surface area contributed by atoms with Crippen LogP contribution in [0.4, 0.5) is 31.5 Å². The standard InChI is InChI=1S/C28H23FN4O.2C28H24N4O.C26H20FN5O/c1-17-9-11-21(12-10-17)32-28(34)24-14-20(15-30-19(24)3)23-7-5-13-33-26(23)16-31-27(33)22-6-4-8-25(29)18(22)2;1-18-9-11-23(12-10-18)31-28(33)25-15-22(16-29-20(25)3)24-8-5-13-32-26(24)17-30-27(32)21-7-4-6-19(2)14-21;1-18-10-12-22(13-11-18)31-28(33)25-15-21(16-29-20(25)3)24-9-6-14-32-26(24)17-30-27(32)23-8-5-4-7-19(23)2;1-16-7-9-19(10-8-16)31-26(33)21-13-18(14-29-17(21)2)20-5-4-12-32-23(20)15-30-25(32)24-22(27)6-3-11-28-24/h4-16H,1-3H3,(H,32,34);2*4-17H,1-3H3,(H,31,33);3-15H,1-2H3,(H,31,33). The Hall–Kier alpha value is -17.2. The van der Waals surface area contributed by atoms with Crippen LogP contribution in [0.25, 0.3) is 112 Å². The smallest absolute Gasteiger partial charge is 0.257 e. The second kappa shape index (κ2) is 38.4. The molecular weight excluding hydrogens is 1660 g/mol. The highest BCUT2D eigenvalue weighted by Crippen LogP contribution is 2.37. The van der Waals surface area contributed by atoms with Crippen molar-refractivity contribution in [1.82, 2.24) is 62.5 Å². The molecule has 4 N–H and O–H groups in total. The van der Waals surface area contributed by atoms with E-state index in [-0.39, 0.29) is 35.1 Å². The van der Waals surface area contributed by atoms with Gasteiger partial charge in [-0.1, -0.05) is 155 Å². The molecule has 7 aromatic carbocycles. The molecular formula is C110H91F2N17O4. The van der Waals surface area contributed by atoms with Crippen LogP contribution in [-0.4, -0.2) is 86.1 Å². The molecule has 0 unspecified atom stereocenters. The molecule has 133 heavy (non-hydrogen) atoms. The molecule has 0 atom stereocenters. The second-order valence-corrected chi connectivity index (χ2v) is 32.7. The Labute approximate surface area is 766 Å². The van der Waals surface area contributed by atoms with Crippen LogP contribution < -0.4 is 21.3 Å². The van der Waals surface area contributed by atoms with Gasteiger partial charge in [0.1, 0.15) is 29.0 Å². The highest BCUT2D eigenvalue weighted by Gasteiger charge is 2.24. The van der Waals surface area contributed by atoms with Gasteiger partial charge in [-0.25, -0.2) is 33.7 Å². The van der Waals surface area contributed by atoms with Crippen molar-refractivity contribution in [2.75, 3.05) is 21.3 Å². The number of hydrogen-bond acceptors (Lipinski definition) is 13. The second-order valence-electron chi connectivity index (χ2n) is 32.7. The number of rotatable bonds is 16. The summed E-state index contributed by atoms with van der Waals surface area (Å²) in [5, 5.41) is 11.8. The van der Waals surface area contributed by atoms with E-state index in [2.05, 4.69) is 109 Å². The quantitative estimate of drug-likeness (QED) is 0.0703. The van der Waals surface area contributed by atoms with Crippen LogP contribution in [0.2, 0.25) is 0 Å². The van der Waals surface area contributed by atoms with E-state index < -0.39 is 5.82 Å². The minimum absolute atomic E-state index is 0.174. The normalized spacial score (nSPS) is 11.0. The van der Waals surface area contributed by atoms with E-state index in [1.54, 1.807) is 55.2 Å². The maximum absolute atomic E-state index is 14.3. The number of nitrogens with one attached hydrogen (secondary N) is 4. The van der Waals surface area contributed by atoms with Crippen molar-refractivity contribution in [2.45, 2.75) is 76.2 Å². The van der Waals surface area contributed by atoms with Crippen LogP contribution in [0.5, 0.6) is 0 Å². The maximum Gasteiger partial charge on any atom is 0.257 e. The topological polar surface area (TPSA) is 250 Å². The van der Waals surface area contributed by atoms with E-state index in [0.29, 0.717) is 62.2 Å². The fourth-order valence-corrected chi connectivity index (χ4v) is 15.8. The summed E-state index contributed by atoms with van der Waals surface area (Å²) in [6.07, 6.45) is 23.6. The predicted octanol–water partition coefficient (Wildman–Crippen LogP) is 24.3. The number of aryl methyl sites for hydroxylation is 10. The zero-order chi connectivity index (χ0) is 92.7. The van der Waals surface area contributed by atoms with Gasteiger partial charge < -0.3 is 21.3 Å². The first-order valence-electron chi connectivity index (χ1n) is 43.2. The first-order valence-corrected chi connectivity index (χ1v) is 43.2. The molecule has 20 rings (SSSR count). The lowest BCUT2D eigenvalue weighted by Crippen LogP contribution is -2.14. The van der Waals surface area contributed by atoms with E-state index in [0.717, 1.165) is 140 Å². The lowest BCUT2D eigenvalue weighted by atomic mass is 10.0. The van der Waals surface area contributed by atoms with Gasteiger partial charge in [0.2, 0.25) is 0 Å². The Morgan fingerprint density at radius 2 is 0.571 bits per heavy atom. The lowest BCUT2D eigenvalue weighted by molar-refractivity contribution is 0.101. The Morgan fingerprint density at radius 1 is 0.256 bits per heavy atom. The molecule has 0 saturated carbocycles. The first kappa shape index (κ1) is 87.8. The van der Waals surface area contributed by atoms with Crippen LogP contribution in [0.3, 0.4) is 0 Å². The molecule has 0 bridgehead atoms. The van der Waals surface area contributed by atoms with Gasteiger partial charge in [0.05, 0.1) is 91.9 Å². The third kappa shape index (κ3) is 19.1. The fourth-order valence-electron chi connectivity index (χ4n) is 15.8. The number of pyridine rings is 9. The maximum atomic E-state index is 14.3. The molecule has 0 saturated heterocycles. The number of imidazole rings is 4. The molecule has 20 aromatic rings. The van der Waals surface area contributed by atoms with Crippen molar-refractivity contribution in [3.05, 3.63) is 425 Å². The van der Waals surface area contributed by atoms with E-state index in [1.165, 1.54) is 29.5 Å². The Bertz CT molecular complexity index is 7610. The van der Waals surface area contributed by atoms with Crippen LogP contribution in [0.1, 0.15) is 103 Å². The van der Waals surface area contributed by atoms with Gasteiger partial charge in [-0.05, 0) is 209 Å². The van der Waals surface area contributed by atoms with Crippen LogP contribution in [0.15, 0.2) is 329 Å². The van der Waals surface area contributed by atoms with Crippen LogP contribution in [0, 0.1) is 87.8 Å². The molecule has 4 amide bonds. The number of halogens is 2. The van der Waals surface area contributed by atoms with Gasteiger partial charge in [-0.15, -0.1) is 0 Å². The van der Waals surface area contributed by atoms with E-state index in [9.17, 15) is 28.0 Å². The number of benzene rings is 7. The van der Waals surface area contributed by atoms with Gasteiger partial charge in [0.15, 0.2) is 11.6 Å². The average Bonchev–Trinajstić information content (AvgIpc) is 1.68. The fraction of sp³-hybridized carbons (Fsp3) is 0.100. The molecule has 13 heterocycles. The summed E-state index contributed by atoms with van der Waals surface area (Å²) >= 11 is 0. The highest BCUT2D eigenvalue weighted by molar-refractivity contribution is 6.09. The molecule has 0 radical (unpaired) electrons. The summed E-state index contributed by atoms with van der Waals surface area (Å²) in [7, 11) is 0. The molecule has 0 aliphatic rings. The third-order valence-corrected chi connectivity index (χ3v) is 23.2. The van der Waals surface area contributed by atoms with Gasteiger partial charge in [0.25, 0.3) is 23.6 Å². The van der Waals surface area contributed by atoms with E-state index >= 15 is 0 Å². The largest absolute Gasteiger partial charge is 0.322 e. The van der Waals surface area contributed by atoms with Crippen molar-refractivity contribution < 1.29 is 28.0 Å². The van der Waals surface area contributed by atoms with Crippen molar-refractivity contribution in [2.24, 2.45) is 0 Å². The van der Waals surface area contributed by atoms with E-state index in [4.69, 9.17) is 9.97 Å². The summed E-state index contributed by atoms with van der Waals surface area (Å²) in [6, 6.07) is 78.4. The lowest BCUT2D eigenvalue weighted by Gasteiger charge is -2.11. The monoisotopic (exact) mass is 1750 g/mol. The molecule has 654 valence electrons. The molecule has 21 nitrogen and oxygen atoms in total. The number of carbonyl (C=O) groups is 4. The number of amides is 4. The van der Waals surface area contributed by atoms with Crippen molar-refractivity contribution in [3.63, 3.8) is 0 Å². The highest BCUT2D eigenvalue weighted by atomic mass is 19.1. The van der Waals surface area contributed by atoms with Gasteiger partial charge in [0, 0.05) is 140 Å². The summed E-state index contributed by atoms with van der Waals surface area (Å²) < 4.78 is 36.4. The summed E-state index contributed by atoms with van der Waals surface area (Å²) in [4.78, 5) is 92.6. The van der Waals surface area contributed by atoms with Gasteiger partial charge in [-0.2, -0.15) is 0 Å². The molecule has 23 heteroatoms. The first-order chi connectivity index (χ1) is 64.4. The number of carbonyl (C=O) groups excluding carboxylic acids is 4. The number of hydrogen-bond donors (Lipinski definition) is 4. The van der Waals surface area contributed by atoms with Gasteiger partial charge in [-0.3, -0.25) is 56.7 Å². The summed E-state index contributed by atoms with van der Waals surface area (Å²) in [5.74, 6) is 1.33. The van der Waals surface area contributed by atoms with Crippen LogP contribution in [-0.2, 0) is 0 Å². The number of aromatic nitrogens is 13. The number of fused-ring (bicyclic) bond motifs is 4. The molecule has 0 aliphatic carbocycles. The van der Waals surface area contributed by atoms with Crippen LogP contribution >= 0.6 is 0 Å². The number of nitrogens with zero attached hydrogens (tertiary/aromatic N) is 13. The van der Waals surface area contributed by atoms with E-state index in [1.807, 2.05) is 297 Å². The zero-order valence-electron chi connectivity index (χ0n) is 74.9. The van der Waals surface area contributed by atoms with Crippen molar-refractivity contribution in [3.8, 4) is 90.2 Å². The number of anilines is 4. The van der Waals surface area contributed by atoms with Crippen molar-refractivity contribution in [1.29, 1.82) is 0 Å². The minimum Gasteiger partial charge on any atom is -0.322 e. The predicted molar refractivity (Wildman–Crippen MR) is 523 cm³/mol. The molecule has 0 fully saturated rings. The Balaban J connectivity index is 0.000000124. The molecule has 0 aliphatic heterocycles. The Kier molecular flexibility index (Phi) is 25.3. The zero-order valence-corrected chi connectivity index (χ0v) is 74.9. The molecule has 0 spiro atoms. The Morgan fingerprint density at radius 3 is 0.940 bits per heavy atom. The summed E-state index contributed by atoms with van der Waals surface area (Å²) in [5.41, 5.74) is 28.7.